The lowest BCUT2D eigenvalue weighted by molar-refractivity contribution is -0.122. The van der Waals surface area contributed by atoms with Gasteiger partial charge in [0.1, 0.15) is 0 Å². The molecule has 6 heteroatoms. The summed E-state index contributed by atoms with van der Waals surface area (Å²) in [5.41, 5.74) is 2.35. The molecule has 2 aromatic carbocycles. The van der Waals surface area contributed by atoms with Crippen LogP contribution in [0.5, 0.6) is 0 Å². The van der Waals surface area contributed by atoms with Gasteiger partial charge in [-0.2, -0.15) is 0 Å². The third-order valence-electron chi connectivity index (χ3n) is 5.64. The van der Waals surface area contributed by atoms with E-state index in [1.165, 1.54) is 5.56 Å². The molecule has 0 bridgehead atoms. The second-order valence-electron chi connectivity index (χ2n) is 7.46. The van der Waals surface area contributed by atoms with Gasteiger partial charge in [-0.25, -0.2) is 0 Å². The largest absolute Gasteiger partial charge is 0.379 e. The van der Waals surface area contributed by atoms with E-state index in [1.54, 1.807) is 0 Å². The van der Waals surface area contributed by atoms with Crippen molar-refractivity contribution in [3.63, 3.8) is 0 Å². The summed E-state index contributed by atoms with van der Waals surface area (Å²) in [6, 6.07) is 15.8. The zero-order valence-corrected chi connectivity index (χ0v) is 17.1. The van der Waals surface area contributed by atoms with E-state index in [-0.39, 0.29) is 17.9 Å². The molecule has 4 nitrogen and oxygen atoms in total. The molecule has 1 amide bonds. The number of morpholine rings is 1. The SMILES string of the molecule is O=C(NCC(c1ccc(Cl)cc1)N1CCOCC1)C1CC1c1ccc(Cl)cc1. The predicted octanol–water partition coefficient (Wildman–Crippen LogP) is 4.29. The maximum Gasteiger partial charge on any atom is 0.223 e. The Morgan fingerprint density at radius 1 is 1.04 bits per heavy atom. The van der Waals surface area contributed by atoms with Crippen LogP contribution in [0.2, 0.25) is 10.0 Å². The Balaban J connectivity index is 1.39. The first kappa shape index (κ1) is 19.7. The van der Waals surface area contributed by atoms with Crippen LogP contribution < -0.4 is 5.32 Å². The molecule has 4 rings (SSSR count). The van der Waals surface area contributed by atoms with Gasteiger partial charge in [0.25, 0.3) is 0 Å². The monoisotopic (exact) mass is 418 g/mol. The van der Waals surface area contributed by atoms with Crippen molar-refractivity contribution in [2.24, 2.45) is 5.92 Å². The lowest BCUT2D eigenvalue weighted by atomic mass is 10.0. The van der Waals surface area contributed by atoms with Gasteiger partial charge in [0.05, 0.1) is 19.3 Å². The summed E-state index contributed by atoms with van der Waals surface area (Å²) in [6.07, 6.45) is 0.899. The lowest BCUT2D eigenvalue weighted by Gasteiger charge is -2.35. The number of carbonyl (C=O) groups excluding carboxylic acids is 1. The summed E-state index contributed by atoms with van der Waals surface area (Å²) in [7, 11) is 0. The van der Waals surface area contributed by atoms with Crippen LogP contribution in [0.25, 0.3) is 0 Å². The number of hydrogen-bond donors (Lipinski definition) is 1. The van der Waals surface area contributed by atoms with Crippen LogP contribution in [0.3, 0.4) is 0 Å². The molecule has 1 heterocycles. The van der Waals surface area contributed by atoms with E-state index in [4.69, 9.17) is 27.9 Å². The van der Waals surface area contributed by atoms with Gasteiger partial charge in [0.15, 0.2) is 0 Å². The Bertz CT molecular complexity index is 804. The van der Waals surface area contributed by atoms with Crippen LogP contribution in [-0.4, -0.2) is 43.7 Å². The minimum atomic E-state index is 0.0525. The van der Waals surface area contributed by atoms with Crippen molar-refractivity contribution in [1.29, 1.82) is 0 Å². The van der Waals surface area contributed by atoms with Crippen molar-refractivity contribution >= 4 is 29.1 Å². The summed E-state index contributed by atoms with van der Waals surface area (Å²) in [6.45, 7) is 3.75. The summed E-state index contributed by atoms with van der Waals surface area (Å²) in [5.74, 6) is 0.485. The molecular formula is C22H24Cl2N2O2. The minimum absolute atomic E-state index is 0.0525. The number of ether oxygens (including phenoxy) is 1. The molecule has 1 saturated carbocycles. The molecule has 1 saturated heterocycles. The van der Waals surface area contributed by atoms with Gasteiger partial charge in [-0.05, 0) is 47.7 Å². The second kappa shape index (κ2) is 8.83. The summed E-state index contributed by atoms with van der Waals surface area (Å²) >= 11 is 12.0. The van der Waals surface area contributed by atoms with Gasteiger partial charge in [-0.1, -0.05) is 47.5 Å². The van der Waals surface area contributed by atoms with Crippen LogP contribution in [0.1, 0.15) is 29.5 Å². The molecule has 3 atom stereocenters. The molecule has 1 N–H and O–H groups in total. The standard InChI is InChI=1S/C22H24Cl2N2O2/c23-17-5-1-15(2-6-17)19-13-20(19)22(27)25-14-21(26-9-11-28-12-10-26)16-3-7-18(24)8-4-16/h1-8,19-21H,9-14H2,(H,25,27). The number of nitrogens with zero attached hydrogens (tertiary/aromatic N) is 1. The Hall–Kier alpha value is -1.59. The van der Waals surface area contributed by atoms with Gasteiger partial charge in [-0.3, -0.25) is 9.69 Å². The van der Waals surface area contributed by atoms with Crippen LogP contribution in [-0.2, 0) is 9.53 Å². The molecule has 0 aromatic heterocycles. The van der Waals surface area contributed by atoms with Crippen LogP contribution in [0, 0.1) is 5.92 Å². The quantitative estimate of drug-likeness (QED) is 0.760. The number of rotatable bonds is 6. The summed E-state index contributed by atoms with van der Waals surface area (Å²) in [5, 5.41) is 4.63. The highest BCUT2D eigenvalue weighted by Gasteiger charge is 2.44. The van der Waals surface area contributed by atoms with Gasteiger partial charge in [0, 0.05) is 35.6 Å². The van der Waals surface area contributed by atoms with E-state index in [0.29, 0.717) is 12.5 Å². The van der Waals surface area contributed by atoms with Gasteiger partial charge >= 0.3 is 0 Å². The smallest absolute Gasteiger partial charge is 0.223 e. The molecule has 2 aliphatic rings. The highest BCUT2D eigenvalue weighted by molar-refractivity contribution is 6.30. The number of amides is 1. The van der Waals surface area contributed by atoms with E-state index in [0.717, 1.165) is 48.3 Å². The van der Waals surface area contributed by atoms with E-state index >= 15 is 0 Å². The zero-order chi connectivity index (χ0) is 19.5. The lowest BCUT2D eigenvalue weighted by Crippen LogP contribution is -2.44. The number of benzene rings is 2. The van der Waals surface area contributed by atoms with Crippen LogP contribution >= 0.6 is 23.2 Å². The Morgan fingerprint density at radius 3 is 2.29 bits per heavy atom. The van der Waals surface area contributed by atoms with Crippen molar-refractivity contribution in [2.45, 2.75) is 18.4 Å². The fraction of sp³-hybridized carbons (Fsp3) is 0.409. The first-order chi connectivity index (χ1) is 13.6. The highest BCUT2D eigenvalue weighted by Crippen LogP contribution is 2.47. The second-order valence-corrected chi connectivity index (χ2v) is 8.33. The molecule has 0 spiro atoms. The number of halogens is 2. The molecule has 1 aliphatic heterocycles. The first-order valence-electron chi connectivity index (χ1n) is 9.72. The predicted molar refractivity (Wildman–Crippen MR) is 112 cm³/mol. The molecule has 2 aromatic rings. The molecule has 0 radical (unpaired) electrons. The number of nitrogens with one attached hydrogen (secondary N) is 1. The molecule has 1 aliphatic carbocycles. The third-order valence-corrected chi connectivity index (χ3v) is 6.14. The maximum atomic E-state index is 12.7. The maximum absolute atomic E-state index is 12.7. The number of carbonyl (C=O) groups is 1. The van der Waals surface area contributed by atoms with E-state index in [1.807, 2.05) is 48.5 Å². The Labute approximate surface area is 175 Å². The average molecular weight is 419 g/mol. The van der Waals surface area contributed by atoms with Crippen LogP contribution in [0.4, 0.5) is 0 Å². The molecule has 148 valence electrons. The van der Waals surface area contributed by atoms with Gasteiger partial charge < -0.3 is 10.1 Å². The fourth-order valence-electron chi connectivity index (χ4n) is 3.92. The van der Waals surface area contributed by atoms with E-state index in [2.05, 4.69) is 10.2 Å². The van der Waals surface area contributed by atoms with Crippen molar-refractivity contribution < 1.29 is 9.53 Å². The van der Waals surface area contributed by atoms with E-state index < -0.39 is 0 Å². The van der Waals surface area contributed by atoms with Crippen molar-refractivity contribution in [1.82, 2.24) is 10.2 Å². The number of hydrogen-bond acceptors (Lipinski definition) is 3. The minimum Gasteiger partial charge on any atom is -0.379 e. The Kier molecular flexibility index (Phi) is 6.22. The first-order valence-corrected chi connectivity index (χ1v) is 10.5. The molecule has 3 unspecified atom stereocenters. The molecule has 28 heavy (non-hydrogen) atoms. The van der Waals surface area contributed by atoms with Crippen molar-refractivity contribution in [3.8, 4) is 0 Å². The fourth-order valence-corrected chi connectivity index (χ4v) is 4.18. The van der Waals surface area contributed by atoms with Crippen LogP contribution in [0.15, 0.2) is 48.5 Å². The van der Waals surface area contributed by atoms with Crippen molar-refractivity contribution in [2.75, 3.05) is 32.8 Å². The molecular weight excluding hydrogens is 395 g/mol. The summed E-state index contributed by atoms with van der Waals surface area (Å²) in [4.78, 5) is 15.1. The Morgan fingerprint density at radius 2 is 1.64 bits per heavy atom. The topological polar surface area (TPSA) is 41.6 Å². The average Bonchev–Trinajstić information content (AvgIpc) is 3.52. The van der Waals surface area contributed by atoms with E-state index in [9.17, 15) is 4.79 Å². The summed E-state index contributed by atoms with van der Waals surface area (Å²) < 4.78 is 5.49. The normalized spacial score (nSPS) is 23.2. The van der Waals surface area contributed by atoms with Crippen molar-refractivity contribution in [3.05, 3.63) is 69.7 Å². The van der Waals surface area contributed by atoms with Gasteiger partial charge in [0.2, 0.25) is 5.91 Å². The third kappa shape index (κ3) is 4.69. The van der Waals surface area contributed by atoms with Gasteiger partial charge in [-0.15, -0.1) is 0 Å². The highest BCUT2D eigenvalue weighted by atomic mass is 35.5. The zero-order valence-electron chi connectivity index (χ0n) is 15.6. The molecule has 2 fully saturated rings.